The Morgan fingerprint density at radius 3 is 2.47 bits per heavy atom. The highest BCUT2D eigenvalue weighted by molar-refractivity contribution is 5.53. The molecule has 2 nitrogen and oxygen atoms in total. The maximum Gasteiger partial charge on any atom is 0.115 e. The van der Waals surface area contributed by atoms with Gasteiger partial charge in [-0.3, -0.25) is 0 Å². The molecule has 1 rings (SSSR count). The minimum absolute atomic E-state index is 0.334. The third-order valence-corrected chi connectivity index (χ3v) is 2.95. The van der Waals surface area contributed by atoms with Crippen molar-refractivity contribution in [3.05, 3.63) is 23.8 Å². The summed E-state index contributed by atoms with van der Waals surface area (Å²) < 4.78 is 0. The molecule has 0 unspecified atom stereocenters. The van der Waals surface area contributed by atoms with Gasteiger partial charge >= 0.3 is 0 Å². The van der Waals surface area contributed by atoms with Gasteiger partial charge in [0, 0.05) is 12.2 Å². The van der Waals surface area contributed by atoms with Crippen LogP contribution in [0.25, 0.3) is 0 Å². The van der Waals surface area contributed by atoms with E-state index in [-0.39, 0.29) is 0 Å². The van der Waals surface area contributed by atoms with Crippen LogP contribution in [0, 0.1) is 12.8 Å². The van der Waals surface area contributed by atoms with Crippen LogP contribution >= 0.6 is 0 Å². The first kappa shape index (κ1) is 11.9. The summed E-state index contributed by atoms with van der Waals surface area (Å²) in [5, 5.41) is 12.7. The summed E-state index contributed by atoms with van der Waals surface area (Å²) in [7, 11) is 0. The van der Waals surface area contributed by atoms with E-state index in [1.54, 1.807) is 12.1 Å². The molecule has 0 aliphatic rings. The first-order valence-electron chi connectivity index (χ1n) is 5.70. The predicted molar refractivity (Wildman–Crippen MR) is 65.4 cm³/mol. The lowest BCUT2D eigenvalue weighted by atomic mass is 10.0. The van der Waals surface area contributed by atoms with Gasteiger partial charge in [0.05, 0.1) is 0 Å². The summed E-state index contributed by atoms with van der Waals surface area (Å²) in [4.78, 5) is 0. The first-order chi connectivity index (χ1) is 7.17. The van der Waals surface area contributed by atoms with E-state index in [1.807, 2.05) is 13.0 Å². The Morgan fingerprint density at radius 1 is 1.27 bits per heavy atom. The molecule has 2 heteroatoms. The monoisotopic (exact) mass is 207 g/mol. The van der Waals surface area contributed by atoms with Gasteiger partial charge in [-0.25, -0.2) is 0 Å². The molecule has 1 aromatic carbocycles. The summed E-state index contributed by atoms with van der Waals surface area (Å²) in [6.45, 7) is 7.46. The molecule has 0 saturated carbocycles. The second-order valence-electron chi connectivity index (χ2n) is 4.06. The standard InChI is InChI=1S/C13H21NO/c1-4-11(5-2)9-14-13-7-6-12(15)8-10(13)3/h6-8,11,14-15H,4-5,9H2,1-3H3. The van der Waals surface area contributed by atoms with Gasteiger partial charge in [-0.05, 0) is 36.6 Å². The van der Waals surface area contributed by atoms with Crippen LogP contribution in [-0.4, -0.2) is 11.7 Å². The van der Waals surface area contributed by atoms with E-state index < -0.39 is 0 Å². The molecule has 0 aliphatic heterocycles. The van der Waals surface area contributed by atoms with E-state index >= 15 is 0 Å². The normalized spacial score (nSPS) is 10.7. The van der Waals surface area contributed by atoms with Crippen LogP contribution in [0.3, 0.4) is 0 Å². The van der Waals surface area contributed by atoms with Crippen LogP contribution in [0.2, 0.25) is 0 Å². The van der Waals surface area contributed by atoms with Gasteiger partial charge in [-0.2, -0.15) is 0 Å². The number of benzene rings is 1. The summed E-state index contributed by atoms with van der Waals surface area (Å²) >= 11 is 0. The molecule has 0 heterocycles. The second-order valence-corrected chi connectivity index (χ2v) is 4.06. The molecular weight excluding hydrogens is 186 g/mol. The maximum absolute atomic E-state index is 9.28. The van der Waals surface area contributed by atoms with Gasteiger partial charge in [0.1, 0.15) is 5.75 Å². The molecule has 0 spiro atoms. The number of phenolic OH excluding ortho intramolecular Hbond substituents is 1. The second kappa shape index (κ2) is 5.64. The van der Waals surface area contributed by atoms with Crippen LogP contribution in [0.4, 0.5) is 5.69 Å². The van der Waals surface area contributed by atoms with E-state index in [2.05, 4.69) is 19.2 Å². The zero-order valence-electron chi connectivity index (χ0n) is 9.88. The Morgan fingerprint density at radius 2 is 1.93 bits per heavy atom. The lowest BCUT2D eigenvalue weighted by molar-refractivity contribution is 0.475. The maximum atomic E-state index is 9.28. The quantitative estimate of drug-likeness (QED) is 0.724. The largest absolute Gasteiger partial charge is 0.508 e. The van der Waals surface area contributed by atoms with Crippen molar-refractivity contribution >= 4 is 5.69 Å². The molecule has 0 fully saturated rings. The SMILES string of the molecule is CCC(CC)CNc1ccc(O)cc1C. The van der Waals surface area contributed by atoms with Crippen LogP contribution in [0.15, 0.2) is 18.2 Å². The Hall–Kier alpha value is -1.18. The molecule has 84 valence electrons. The molecule has 0 atom stereocenters. The number of phenols is 1. The zero-order valence-corrected chi connectivity index (χ0v) is 9.88. The van der Waals surface area contributed by atoms with E-state index in [1.165, 1.54) is 12.8 Å². The van der Waals surface area contributed by atoms with E-state index in [0.29, 0.717) is 5.75 Å². The Bertz CT molecular complexity index is 305. The number of aromatic hydroxyl groups is 1. The molecule has 2 N–H and O–H groups in total. The van der Waals surface area contributed by atoms with Crippen LogP contribution in [0.1, 0.15) is 32.3 Å². The number of nitrogens with one attached hydrogen (secondary N) is 1. The fraction of sp³-hybridized carbons (Fsp3) is 0.538. The number of anilines is 1. The third-order valence-electron chi connectivity index (χ3n) is 2.95. The minimum Gasteiger partial charge on any atom is -0.508 e. The van der Waals surface area contributed by atoms with Crippen molar-refractivity contribution in [3.8, 4) is 5.75 Å². The highest BCUT2D eigenvalue weighted by Crippen LogP contribution is 2.20. The van der Waals surface area contributed by atoms with Gasteiger partial charge in [-0.15, -0.1) is 0 Å². The van der Waals surface area contributed by atoms with Gasteiger partial charge < -0.3 is 10.4 Å². The summed E-state index contributed by atoms with van der Waals surface area (Å²) in [6, 6.07) is 5.45. The van der Waals surface area contributed by atoms with Crippen molar-refractivity contribution in [3.63, 3.8) is 0 Å². The van der Waals surface area contributed by atoms with Gasteiger partial charge in [0.25, 0.3) is 0 Å². The minimum atomic E-state index is 0.334. The van der Waals surface area contributed by atoms with Gasteiger partial charge in [0.2, 0.25) is 0 Å². The summed E-state index contributed by atoms with van der Waals surface area (Å²) in [5.41, 5.74) is 2.22. The number of aryl methyl sites for hydroxylation is 1. The smallest absolute Gasteiger partial charge is 0.115 e. The van der Waals surface area contributed by atoms with Crippen molar-refractivity contribution in [2.45, 2.75) is 33.6 Å². The van der Waals surface area contributed by atoms with E-state index in [0.717, 1.165) is 23.7 Å². The van der Waals surface area contributed by atoms with Crippen molar-refractivity contribution in [1.29, 1.82) is 0 Å². The molecule has 15 heavy (non-hydrogen) atoms. The van der Waals surface area contributed by atoms with Gasteiger partial charge in [0.15, 0.2) is 0 Å². The Balaban J connectivity index is 2.57. The Kier molecular flexibility index (Phi) is 4.47. The lowest BCUT2D eigenvalue weighted by Crippen LogP contribution is -2.13. The van der Waals surface area contributed by atoms with Crippen LogP contribution in [-0.2, 0) is 0 Å². The fourth-order valence-electron chi connectivity index (χ4n) is 1.68. The summed E-state index contributed by atoms with van der Waals surface area (Å²) in [6.07, 6.45) is 2.42. The summed E-state index contributed by atoms with van der Waals surface area (Å²) in [5.74, 6) is 1.07. The number of hydrogen-bond acceptors (Lipinski definition) is 2. The van der Waals surface area contributed by atoms with E-state index in [9.17, 15) is 5.11 Å². The van der Waals surface area contributed by atoms with Crippen molar-refractivity contribution in [2.75, 3.05) is 11.9 Å². The molecule has 0 radical (unpaired) electrons. The third kappa shape index (κ3) is 3.46. The molecule has 0 aliphatic carbocycles. The highest BCUT2D eigenvalue weighted by Gasteiger charge is 2.04. The molecule has 0 bridgehead atoms. The predicted octanol–water partition coefficient (Wildman–Crippen LogP) is 3.55. The van der Waals surface area contributed by atoms with Crippen molar-refractivity contribution < 1.29 is 5.11 Å². The molecule has 0 aromatic heterocycles. The van der Waals surface area contributed by atoms with Gasteiger partial charge in [-0.1, -0.05) is 26.7 Å². The topological polar surface area (TPSA) is 32.3 Å². The molecule has 0 saturated heterocycles. The first-order valence-corrected chi connectivity index (χ1v) is 5.70. The van der Waals surface area contributed by atoms with Crippen molar-refractivity contribution in [2.24, 2.45) is 5.92 Å². The zero-order chi connectivity index (χ0) is 11.3. The van der Waals surface area contributed by atoms with Crippen LogP contribution < -0.4 is 5.32 Å². The van der Waals surface area contributed by atoms with Crippen molar-refractivity contribution in [1.82, 2.24) is 0 Å². The van der Waals surface area contributed by atoms with Crippen LogP contribution in [0.5, 0.6) is 5.75 Å². The fourth-order valence-corrected chi connectivity index (χ4v) is 1.68. The number of rotatable bonds is 5. The molecule has 1 aromatic rings. The molecule has 0 amide bonds. The average molecular weight is 207 g/mol. The molecular formula is C13H21NO. The Labute approximate surface area is 92.3 Å². The average Bonchev–Trinajstić information content (AvgIpc) is 2.22. The highest BCUT2D eigenvalue weighted by atomic mass is 16.3. The number of hydrogen-bond donors (Lipinski definition) is 2. The van der Waals surface area contributed by atoms with E-state index in [4.69, 9.17) is 0 Å². The lowest BCUT2D eigenvalue weighted by Gasteiger charge is -2.15.